The van der Waals surface area contributed by atoms with Gasteiger partial charge in [0.15, 0.2) is 6.29 Å². The zero-order valence-electron chi connectivity index (χ0n) is 25.3. The summed E-state index contributed by atoms with van der Waals surface area (Å²) in [5.41, 5.74) is 5.97. The second-order valence-corrected chi connectivity index (χ2v) is 12.0. The Morgan fingerprint density at radius 1 is 0.844 bits per heavy atom. The number of urea groups is 1. The average molecular weight is 627 g/mol. The fourth-order valence-electron chi connectivity index (χ4n) is 5.43. The summed E-state index contributed by atoms with van der Waals surface area (Å²) in [5.74, 6) is -0.449. The molecule has 5 rings (SSSR count). The summed E-state index contributed by atoms with van der Waals surface area (Å²) in [6.45, 7) is 4.89. The molecule has 0 unspecified atom stereocenters. The maximum absolute atomic E-state index is 12.0. The van der Waals surface area contributed by atoms with Crippen molar-refractivity contribution in [1.82, 2.24) is 10.6 Å². The number of carbonyl (C=O) groups excluding carboxylic acids is 1. The van der Waals surface area contributed by atoms with Crippen molar-refractivity contribution in [3.63, 3.8) is 0 Å². The Hall–Kier alpha value is -4.15. The number of thioether (sulfide) groups is 1. The van der Waals surface area contributed by atoms with Crippen LogP contribution in [0.1, 0.15) is 58.9 Å². The van der Waals surface area contributed by atoms with Crippen LogP contribution in [0.4, 0.5) is 4.79 Å². The van der Waals surface area contributed by atoms with E-state index in [9.17, 15) is 19.8 Å². The molecule has 1 aliphatic rings. The molecular formula is C36H38N2O6S. The highest BCUT2D eigenvalue weighted by Crippen LogP contribution is 2.43. The van der Waals surface area contributed by atoms with Crippen LogP contribution in [0.15, 0.2) is 102 Å². The fourth-order valence-corrected chi connectivity index (χ4v) is 6.64. The van der Waals surface area contributed by atoms with E-state index < -0.39 is 12.3 Å². The number of hydrogen-bond acceptors (Lipinski definition) is 6. The number of ether oxygens (including phenoxy) is 2. The molecule has 2 amide bonds. The normalized spacial score (nSPS) is 19.5. The molecule has 4 N–H and O–H groups in total. The van der Waals surface area contributed by atoms with Gasteiger partial charge in [-0.1, -0.05) is 91.9 Å². The molecule has 4 aromatic rings. The minimum Gasteiger partial charge on any atom is -0.478 e. The molecule has 4 atom stereocenters. The summed E-state index contributed by atoms with van der Waals surface area (Å²) >= 11 is 1.47. The zero-order chi connectivity index (χ0) is 31.8. The number of carbonyl (C=O) groups is 2. The maximum atomic E-state index is 12.0. The van der Waals surface area contributed by atoms with Crippen LogP contribution in [0, 0.1) is 5.92 Å². The second-order valence-electron chi connectivity index (χ2n) is 10.9. The summed E-state index contributed by atoms with van der Waals surface area (Å²) in [4.78, 5) is 24.5. The SMILES string of the molecule is CCNC(=O)NCc1ccccc1-c1ccc([C@H]2O[C@@H](CSc3ccccc3C(=O)O)[C@@H](C)[C@@H](c3ccc(CO)cc3)O2)cc1. The van der Waals surface area contributed by atoms with Gasteiger partial charge in [0, 0.05) is 35.2 Å². The summed E-state index contributed by atoms with van der Waals surface area (Å²) in [7, 11) is 0. The lowest BCUT2D eigenvalue weighted by molar-refractivity contribution is -0.268. The number of aliphatic hydroxyl groups is 1. The Bertz CT molecular complexity index is 1590. The molecule has 4 aromatic carbocycles. The summed E-state index contributed by atoms with van der Waals surface area (Å²) < 4.78 is 13.2. The Morgan fingerprint density at radius 2 is 1.53 bits per heavy atom. The first-order chi connectivity index (χ1) is 21.9. The van der Waals surface area contributed by atoms with Crippen molar-refractivity contribution in [2.45, 2.75) is 50.4 Å². The minimum atomic E-state index is -0.958. The number of amides is 2. The molecule has 0 aliphatic carbocycles. The number of aromatic carboxylic acids is 1. The number of carboxylic acid groups (broad SMARTS) is 1. The van der Waals surface area contributed by atoms with Crippen molar-refractivity contribution in [3.8, 4) is 11.1 Å². The van der Waals surface area contributed by atoms with Gasteiger partial charge >= 0.3 is 12.0 Å². The molecule has 1 aliphatic heterocycles. The van der Waals surface area contributed by atoms with Crippen molar-refractivity contribution in [1.29, 1.82) is 0 Å². The molecular weight excluding hydrogens is 588 g/mol. The van der Waals surface area contributed by atoms with E-state index in [1.54, 1.807) is 12.1 Å². The van der Waals surface area contributed by atoms with E-state index >= 15 is 0 Å². The van der Waals surface area contributed by atoms with Crippen LogP contribution in [-0.2, 0) is 22.6 Å². The Kier molecular flexibility index (Phi) is 10.9. The Labute approximate surface area is 267 Å². The van der Waals surface area contributed by atoms with Crippen LogP contribution in [0.25, 0.3) is 11.1 Å². The van der Waals surface area contributed by atoms with E-state index in [2.05, 4.69) is 17.6 Å². The fraction of sp³-hybridized carbons (Fsp3) is 0.278. The average Bonchev–Trinajstić information content (AvgIpc) is 3.07. The van der Waals surface area contributed by atoms with E-state index in [1.807, 2.05) is 91.9 Å². The molecule has 0 radical (unpaired) electrons. The first-order valence-electron chi connectivity index (χ1n) is 15.0. The summed E-state index contributed by atoms with van der Waals surface area (Å²) in [5, 5.41) is 24.9. The van der Waals surface area contributed by atoms with Gasteiger partial charge < -0.3 is 30.3 Å². The third kappa shape index (κ3) is 7.93. The van der Waals surface area contributed by atoms with Crippen LogP contribution < -0.4 is 10.6 Å². The highest BCUT2D eigenvalue weighted by Gasteiger charge is 2.38. The molecule has 0 spiro atoms. The third-order valence-electron chi connectivity index (χ3n) is 7.93. The lowest BCUT2D eigenvalue weighted by atomic mass is 9.91. The molecule has 1 fully saturated rings. The van der Waals surface area contributed by atoms with Gasteiger partial charge in [-0.3, -0.25) is 0 Å². The van der Waals surface area contributed by atoms with Crippen LogP contribution in [0.2, 0.25) is 0 Å². The Balaban J connectivity index is 1.39. The molecule has 0 saturated carbocycles. The van der Waals surface area contributed by atoms with Gasteiger partial charge in [-0.05, 0) is 46.9 Å². The number of hydrogen-bond donors (Lipinski definition) is 4. The second kappa shape index (κ2) is 15.2. The van der Waals surface area contributed by atoms with E-state index in [1.165, 1.54) is 11.8 Å². The van der Waals surface area contributed by atoms with E-state index in [-0.39, 0.29) is 36.3 Å². The topological polar surface area (TPSA) is 117 Å². The van der Waals surface area contributed by atoms with Gasteiger partial charge in [-0.25, -0.2) is 9.59 Å². The molecule has 234 valence electrons. The van der Waals surface area contributed by atoms with Crippen LogP contribution in [0.3, 0.4) is 0 Å². The molecule has 45 heavy (non-hydrogen) atoms. The number of carboxylic acids is 1. The predicted octanol–water partition coefficient (Wildman–Crippen LogP) is 6.95. The standard InChI is InChI=1S/C36H38N2O6S/c1-3-37-36(42)38-20-28-8-4-5-9-29(28)25-16-18-27(19-17-25)35-43-31(22-45-32-11-7-6-10-30(32)34(40)41)23(2)33(44-35)26-14-12-24(21-39)13-15-26/h4-19,23,31,33,35,39H,3,20-22H2,1-2H3,(H,40,41)(H2,37,38,42)/t23-,31+,33+,35+/m1/s1. The van der Waals surface area contributed by atoms with Gasteiger partial charge in [0.1, 0.15) is 0 Å². The van der Waals surface area contributed by atoms with Crippen molar-refractivity contribution < 1.29 is 29.3 Å². The van der Waals surface area contributed by atoms with Gasteiger partial charge in [0.25, 0.3) is 0 Å². The van der Waals surface area contributed by atoms with Crippen LogP contribution >= 0.6 is 11.8 Å². The minimum absolute atomic E-state index is 0.0331. The smallest absolute Gasteiger partial charge is 0.336 e. The molecule has 9 heteroatoms. The highest BCUT2D eigenvalue weighted by molar-refractivity contribution is 7.99. The lowest BCUT2D eigenvalue weighted by Gasteiger charge is -2.41. The van der Waals surface area contributed by atoms with Crippen molar-refractivity contribution in [3.05, 3.63) is 125 Å². The number of rotatable bonds is 11. The first-order valence-corrected chi connectivity index (χ1v) is 16.0. The molecule has 1 saturated heterocycles. The number of aliphatic hydroxyl groups excluding tert-OH is 1. The monoisotopic (exact) mass is 626 g/mol. The predicted molar refractivity (Wildman–Crippen MR) is 175 cm³/mol. The van der Waals surface area contributed by atoms with Crippen molar-refractivity contribution >= 4 is 23.8 Å². The quantitative estimate of drug-likeness (QED) is 0.133. The van der Waals surface area contributed by atoms with Gasteiger partial charge in [0.2, 0.25) is 0 Å². The third-order valence-corrected chi connectivity index (χ3v) is 9.09. The van der Waals surface area contributed by atoms with Gasteiger partial charge in [-0.2, -0.15) is 0 Å². The first kappa shape index (κ1) is 32.2. The van der Waals surface area contributed by atoms with Crippen LogP contribution in [-0.4, -0.2) is 40.6 Å². The molecule has 0 bridgehead atoms. The largest absolute Gasteiger partial charge is 0.478 e. The van der Waals surface area contributed by atoms with Crippen molar-refractivity contribution in [2.75, 3.05) is 12.3 Å². The summed E-state index contributed by atoms with van der Waals surface area (Å²) in [6, 6.07) is 30.6. The van der Waals surface area contributed by atoms with Gasteiger partial charge in [-0.15, -0.1) is 11.8 Å². The van der Waals surface area contributed by atoms with E-state index in [0.29, 0.717) is 23.7 Å². The number of nitrogens with one attached hydrogen (secondary N) is 2. The number of benzene rings is 4. The highest BCUT2D eigenvalue weighted by atomic mass is 32.2. The molecule has 1 heterocycles. The Morgan fingerprint density at radius 3 is 2.24 bits per heavy atom. The maximum Gasteiger partial charge on any atom is 0.336 e. The molecule has 0 aromatic heterocycles. The van der Waals surface area contributed by atoms with E-state index in [4.69, 9.17) is 9.47 Å². The van der Waals surface area contributed by atoms with Crippen molar-refractivity contribution in [2.24, 2.45) is 5.92 Å². The lowest BCUT2D eigenvalue weighted by Crippen LogP contribution is -2.38. The van der Waals surface area contributed by atoms with E-state index in [0.717, 1.165) is 33.4 Å². The summed E-state index contributed by atoms with van der Waals surface area (Å²) in [6.07, 6.45) is -1.16. The zero-order valence-corrected chi connectivity index (χ0v) is 26.1. The van der Waals surface area contributed by atoms with Crippen LogP contribution in [0.5, 0.6) is 0 Å². The van der Waals surface area contributed by atoms with Gasteiger partial charge in [0.05, 0.1) is 24.4 Å². The molecule has 8 nitrogen and oxygen atoms in total.